The van der Waals surface area contributed by atoms with Gasteiger partial charge in [0.15, 0.2) is 0 Å². The molecule has 0 aliphatic rings. The predicted molar refractivity (Wildman–Crippen MR) is 107 cm³/mol. The summed E-state index contributed by atoms with van der Waals surface area (Å²) in [6.07, 6.45) is 3.87. The molecule has 2 aromatic carbocycles. The average molecular weight is 396 g/mol. The first-order valence-corrected chi connectivity index (χ1v) is 10.2. The minimum absolute atomic E-state index is 0.00372. The van der Waals surface area contributed by atoms with Gasteiger partial charge in [0.25, 0.3) is 10.0 Å². The third-order valence-corrected chi connectivity index (χ3v) is 5.35. The number of nitrogens with one attached hydrogen (secondary N) is 2. The Balaban J connectivity index is 1.57. The maximum atomic E-state index is 12.3. The maximum absolute atomic E-state index is 12.3. The smallest absolute Gasteiger partial charge is 0.264 e. The van der Waals surface area contributed by atoms with Crippen molar-refractivity contribution in [2.75, 3.05) is 10.0 Å². The number of benzene rings is 2. The highest BCUT2D eigenvalue weighted by atomic mass is 32.2. The molecule has 7 nitrogen and oxygen atoms in total. The molecule has 3 aromatic rings. The van der Waals surface area contributed by atoms with Crippen LogP contribution in [0.1, 0.15) is 17.5 Å². The number of hydrogen-bond acceptors (Lipinski definition) is 5. The van der Waals surface area contributed by atoms with Crippen molar-refractivity contribution >= 4 is 27.6 Å². The van der Waals surface area contributed by atoms with Crippen LogP contribution in [0.25, 0.3) is 0 Å². The molecular weight excluding hydrogens is 376 g/mol. The van der Waals surface area contributed by atoms with Crippen molar-refractivity contribution in [1.29, 1.82) is 0 Å². The first-order valence-electron chi connectivity index (χ1n) is 8.68. The summed E-state index contributed by atoms with van der Waals surface area (Å²) in [5, 5.41) is 2.77. The lowest BCUT2D eigenvalue weighted by atomic mass is 10.1. The van der Waals surface area contributed by atoms with E-state index >= 15 is 0 Å². The first-order chi connectivity index (χ1) is 13.4. The van der Waals surface area contributed by atoms with Crippen molar-refractivity contribution in [3.63, 3.8) is 0 Å². The van der Waals surface area contributed by atoms with Gasteiger partial charge in [0.05, 0.1) is 4.90 Å². The van der Waals surface area contributed by atoms with Crippen LogP contribution in [-0.2, 0) is 21.2 Å². The van der Waals surface area contributed by atoms with Crippen molar-refractivity contribution in [1.82, 2.24) is 9.97 Å². The minimum Gasteiger partial charge on any atom is -0.326 e. The quantitative estimate of drug-likeness (QED) is 0.639. The molecule has 2 N–H and O–H groups in total. The van der Waals surface area contributed by atoms with Gasteiger partial charge in [-0.1, -0.05) is 29.8 Å². The Labute approximate surface area is 163 Å². The molecule has 1 aromatic heterocycles. The van der Waals surface area contributed by atoms with E-state index in [2.05, 4.69) is 20.0 Å². The largest absolute Gasteiger partial charge is 0.326 e. The summed E-state index contributed by atoms with van der Waals surface area (Å²) >= 11 is 0. The Kier molecular flexibility index (Phi) is 6.00. The Hall–Kier alpha value is -3.26. The Morgan fingerprint density at radius 3 is 2.25 bits per heavy atom. The zero-order chi connectivity index (χ0) is 20.0. The number of sulfonamides is 1. The fraction of sp³-hybridized carbons (Fsp3) is 0.150. The third-order valence-electron chi connectivity index (χ3n) is 4.00. The van der Waals surface area contributed by atoms with Gasteiger partial charge in [-0.15, -0.1) is 0 Å². The van der Waals surface area contributed by atoms with Gasteiger partial charge >= 0.3 is 0 Å². The number of anilines is 2. The Morgan fingerprint density at radius 1 is 0.964 bits per heavy atom. The molecular formula is C20H20N4O3S. The summed E-state index contributed by atoms with van der Waals surface area (Å²) in [4.78, 5) is 19.8. The molecule has 0 saturated carbocycles. The van der Waals surface area contributed by atoms with E-state index in [1.54, 1.807) is 18.2 Å². The number of amides is 1. The Morgan fingerprint density at radius 2 is 1.61 bits per heavy atom. The van der Waals surface area contributed by atoms with Crippen LogP contribution in [-0.4, -0.2) is 24.3 Å². The molecule has 0 fully saturated rings. The van der Waals surface area contributed by atoms with E-state index in [1.807, 2.05) is 31.2 Å². The predicted octanol–water partition coefficient (Wildman–Crippen LogP) is 3.16. The number of rotatable bonds is 7. The molecule has 0 unspecified atom stereocenters. The van der Waals surface area contributed by atoms with Gasteiger partial charge in [-0.3, -0.25) is 4.79 Å². The van der Waals surface area contributed by atoms with Gasteiger partial charge in [0.1, 0.15) is 0 Å². The molecule has 28 heavy (non-hydrogen) atoms. The van der Waals surface area contributed by atoms with E-state index < -0.39 is 10.0 Å². The molecule has 3 rings (SSSR count). The van der Waals surface area contributed by atoms with Crippen LogP contribution in [0, 0.1) is 6.92 Å². The molecule has 0 saturated heterocycles. The molecule has 0 spiro atoms. The van der Waals surface area contributed by atoms with Gasteiger partial charge in [-0.2, -0.15) is 0 Å². The number of carbonyl (C=O) groups excluding carboxylic acids is 1. The third kappa shape index (κ3) is 5.37. The number of nitrogens with zero attached hydrogens (tertiary/aromatic N) is 2. The van der Waals surface area contributed by atoms with E-state index in [1.165, 1.54) is 30.1 Å². The summed E-state index contributed by atoms with van der Waals surface area (Å²) in [5.41, 5.74) is 2.80. The van der Waals surface area contributed by atoms with Gasteiger partial charge in [0, 0.05) is 24.5 Å². The monoisotopic (exact) mass is 396 g/mol. The van der Waals surface area contributed by atoms with Crippen LogP contribution >= 0.6 is 0 Å². The summed E-state index contributed by atoms with van der Waals surface area (Å²) in [7, 11) is -3.80. The summed E-state index contributed by atoms with van der Waals surface area (Å²) in [6, 6.07) is 15.6. The second kappa shape index (κ2) is 8.62. The highest BCUT2D eigenvalue weighted by Crippen LogP contribution is 2.17. The molecule has 1 amide bonds. The van der Waals surface area contributed by atoms with Gasteiger partial charge < -0.3 is 5.32 Å². The fourth-order valence-corrected chi connectivity index (χ4v) is 3.44. The lowest BCUT2D eigenvalue weighted by molar-refractivity contribution is -0.116. The SMILES string of the molecule is Cc1ccc(CCC(=O)Nc2ccc(S(=O)(=O)Nc3ncccn3)cc2)cc1. The molecule has 0 bridgehead atoms. The van der Waals surface area contributed by atoms with Crippen molar-refractivity contribution in [2.24, 2.45) is 0 Å². The van der Waals surface area contributed by atoms with Crippen LogP contribution < -0.4 is 10.0 Å². The normalized spacial score (nSPS) is 11.0. The molecule has 144 valence electrons. The zero-order valence-electron chi connectivity index (χ0n) is 15.3. The van der Waals surface area contributed by atoms with Crippen molar-refractivity contribution < 1.29 is 13.2 Å². The molecule has 0 atom stereocenters. The molecule has 0 aliphatic heterocycles. The highest BCUT2D eigenvalue weighted by molar-refractivity contribution is 7.92. The maximum Gasteiger partial charge on any atom is 0.264 e. The summed E-state index contributed by atoms with van der Waals surface area (Å²) in [5.74, 6) is -0.136. The minimum atomic E-state index is -3.80. The topological polar surface area (TPSA) is 101 Å². The fourth-order valence-electron chi connectivity index (χ4n) is 2.48. The van der Waals surface area contributed by atoms with Crippen LogP contribution in [0.4, 0.5) is 11.6 Å². The standard InChI is InChI=1S/C20H20N4O3S/c1-15-3-5-16(6-4-15)7-12-19(25)23-17-8-10-18(11-9-17)28(26,27)24-20-21-13-2-14-22-20/h2-6,8-11,13-14H,7,12H2,1H3,(H,23,25)(H,21,22,24). The van der Waals surface area contributed by atoms with Crippen LogP contribution in [0.5, 0.6) is 0 Å². The first kappa shape index (κ1) is 19.5. The molecule has 0 radical (unpaired) electrons. The number of hydrogen-bond donors (Lipinski definition) is 2. The van der Waals surface area contributed by atoms with Crippen molar-refractivity contribution in [3.05, 3.63) is 78.1 Å². The van der Waals surface area contributed by atoms with Gasteiger partial charge in [0.2, 0.25) is 11.9 Å². The average Bonchev–Trinajstić information content (AvgIpc) is 2.68. The van der Waals surface area contributed by atoms with Crippen molar-refractivity contribution in [2.45, 2.75) is 24.7 Å². The van der Waals surface area contributed by atoms with E-state index in [4.69, 9.17) is 0 Å². The molecule has 0 aliphatic carbocycles. The van der Waals surface area contributed by atoms with Gasteiger partial charge in [-0.25, -0.2) is 23.1 Å². The Bertz CT molecular complexity index is 1040. The summed E-state index contributed by atoms with van der Waals surface area (Å²) in [6.45, 7) is 2.02. The van der Waals surface area contributed by atoms with E-state index in [9.17, 15) is 13.2 Å². The van der Waals surface area contributed by atoms with Crippen LogP contribution in [0.3, 0.4) is 0 Å². The second-order valence-electron chi connectivity index (χ2n) is 6.24. The zero-order valence-corrected chi connectivity index (χ0v) is 16.1. The van der Waals surface area contributed by atoms with Crippen LogP contribution in [0.15, 0.2) is 71.9 Å². The highest BCUT2D eigenvalue weighted by Gasteiger charge is 2.15. The second-order valence-corrected chi connectivity index (χ2v) is 7.92. The summed E-state index contributed by atoms with van der Waals surface area (Å²) < 4.78 is 27.0. The lowest BCUT2D eigenvalue weighted by Crippen LogP contribution is -2.15. The van der Waals surface area contributed by atoms with E-state index in [0.29, 0.717) is 18.5 Å². The lowest BCUT2D eigenvalue weighted by Gasteiger charge is -2.08. The van der Waals surface area contributed by atoms with E-state index in [-0.39, 0.29) is 16.8 Å². The van der Waals surface area contributed by atoms with Crippen LogP contribution in [0.2, 0.25) is 0 Å². The van der Waals surface area contributed by atoms with Crippen molar-refractivity contribution in [3.8, 4) is 0 Å². The van der Waals surface area contributed by atoms with Gasteiger partial charge in [-0.05, 0) is 49.2 Å². The van der Waals surface area contributed by atoms with E-state index in [0.717, 1.165) is 5.56 Å². The molecule has 1 heterocycles. The number of carbonyl (C=O) groups is 1. The number of aromatic nitrogens is 2. The number of aryl methyl sites for hydroxylation is 2. The molecule has 8 heteroatoms.